The van der Waals surface area contributed by atoms with Crippen molar-refractivity contribution in [2.24, 2.45) is 0 Å². The van der Waals surface area contributed by atoms with Crippen LogP contribution in [0.15, 0.2) is 21.9 Å². The van der Waals surface area contributed by atoms with Crippen LogP contribution in [0.3, 0.4) is 0 Å². The van der Waals surface area contributed by atoms with Crippen molar-refractivity contribution in [2.45, 2.75) is 24.4 Å². The van der Waals surface area contributed by atoms with Crippen molar-refractivity contribution in [3.05, 3.63) is 33.1 Å². The zero-order chi connectivity index (χ0) is 13.3. The Balaban J connectivity index is 2.50. The van der Waals surface area contributed by atoms with Crippen molar-refractivity contribution < 1.29 is 14.9 Å². The van der Waals surface area contributed by atoms with Crippen LogP contribution in [0.25, 0.3) is 0 Å². The molecule has 0 spiro atoms. The van der Waals surface area contributed by atoms with Crippen molar-refractivity contribution in [1.82, 2.24) is 9.55 Å². The summed E-state index contributed by atoms with van der Waals surface area (Å²) in [5, 5.41) is 18.7. The summed E-state index contributed by atoms with van der Waals surface area (Å²) in [4.78, 5) is 24.7. The minimum absolute atomic E-state index is 0.0410. The quantitative estimate of drug-likeness (QED) is 0.526. The van der Waals surface area contributed by atoms with Gasteiger partial charge >= 0.3 is 5.69 Å². The topological polar surface area (TPSA) is 105 Å². The van der Waals surface area contributed by atoms with Gasteiger partial charge in [-0.15, -0.1) is 6.42 Å². The molecule has 18 heavy (non-hydrogen) atoms. The fourth-order valence-electron chi connectivity index (χ4n) is 1.97. The van der Waals surface area contributed by atoms with Gasteiger partial charge < -0.3 is 14.9 Å². The van der Waals surface area contributed by atoms with Gasteiger partial charge in [0.2, 0.25) is 5.72 Å². The normalized spacial score (nSPS) is 31.2. The molecule has 1 aliphatic heterocycles. The highest BCUT2D eigenvalue weighted by molar-refractivity contribution is 5.11. The number of nitrogens with one attached hydrogen (secondary N) is 1. The number of aromatic amines is 1. The molecule has 2 rings (SSSR count). The molecule has 1 aromatic rings. The van der Waals surface area contributed by atoms with Crippen molar-refractivity contribution in [3.8, 4) is 12.3 Å². The molecule has 7 nitrogen and oxygen atoms in total. The zero-order valence-electron chi connectivity index (χ0n) is 9.37. The molecule has 0 saturated carbocycles. The van der Waals surface area contributed by atoms with Gasteiger partial charge in [-0.25, -0.2) is 4.79 Å². The third kappa shape index (κ3) is 1.86. The number of hydrogen-bond acceptors (Lipinski definition) is 5. The number of ether oxygens (including phenoxy) is 1. The number of aliphatic hydroxyl groups is 2. The van der Waals surface area contributed by atoms with E-state index in [1.54, 1.807) is 0 Å². The molecular weight excluding hydrogens is 240 g/mol. The van der Waals surface area contributed by atoms with Crippen LogP contribution >= 0.6 is 0 Å². The van der Waals surface area contributed by atoms with Crippen LogP contribution in [0.4, 0.5) is 0 Å². The van der Waals surface area contributed by atoms with Gasteiger partial charge in [-0.2, -0.15) is 0 Å². The molecule has 0 aromatic carbocycles. The minimum atomic E-state index is -1.49. The van der Waals surface area contributed by atoms with E-state index >= 15 is 0 Å². The van der Waals surface area contributed by atoms with Crippen LogP contribution in [-0.4, -0.2) is 38.6 Å². The molecule has 0 unspecified atom stereocenters. The van der Waals surface area contributed by atoms with Crippen LogP contribution in [0, 0.1) is 12.3 Å². The predicted octanol–water partition coefficient (Wildman–Crippen LogP) is -2.04. The first-order valence-electron chi connectivity index (χ1n) is 5.29. The highest BCUT2D eigenvalue weighted by atomic mass is 16.6. The number of aromatic nitrogens is 2. The summed E-state index contributed by atoms with van der Waals surface area (Å²) < 4.78 is 6.39. The summed E-state index contributed by atoms with van der Waals surface area (Å²) in [6, 6.07) is 1.13. The van der Waals surface area contributed by atoms with Crippen LogP contribution in [-0.2, 0) is 10.5 Å². The fourth-order valence-corrected chi connectivity index (χ4v) is 1.97. The van der Waals surface area contributed by atoms with E-state index in [0.717, 1.165) is 10.6 Å². The van der Waals surface area contributed by atoms with Gasteiger partial charge in [0.1, 0.15) is 6.10 Å². The molecular formula is C11H12N2O5. The van der Waals surface area contributed by atoms with E-state index in [4.69, 9.17) is 16.3 Å². The maximum Gasteiger partial charge on any atom is 0.331 e. The minimum Gasteiger partial charge on any atom is -0.394 e. The number of nitrogens with zero attached hydrogens (tertiary/aromatic N) is 1. The standard InChI is InChI=1S/C11H12N2O5/c1-2-11(5-7(15)8(6-14)18-11)13-4-3-9(16)12-10(13)17/h1,3-4,7-8,14-15H,5-6H2,(H,12,16,17)/t7-,8+,11+/m0/s1. The number of hydrogen-bond donors (Lipinski definition) is 3. The summed E-state index contributed by atoms with van der Waals surface area (Å²) in [7, 11) is 0. The summed E-state index contributed by atoms with van der Waals surface area (Å²) in [5.41, 5.74) is -2.78. The number of rotatable bonds is 2. The van der Waals surface area contributed by atoms with Crippen LogP contribution < -0.4 is 11.2 Å². The van der Waals surface area contributed by atoms with Gasteiger partial charge in [0.05, 0.1) is 12.7 Å². The first kappa shape index (κ1) is 12.6. The lowest BCUT2D eigenvalue weighted by Crippen LogP contribution is -2.43. The van der Waals surface area contributed by atoms with E-state index in [2.05, 4.69) is 10.9 Å². The summed E-state index contributed by atoms with van der Waals surface area (Å²) in [6.07, 6.45) is 4.69. The average molecular weight is 252 g/mol. The maximum absolute atomic E-state index is 11.7. The van der Waals surface area contributed by atoms with Gasteiger partial charge in [-0.3, -0.25) is 14.3 Å². The largest absolute Gasteiger partial charge is 0.394 e. The molecule has 2 heterocycles. The lowest BCUT2D eigenvalue weighted by molar-refractivity contribution is -0.0836. The monoisotopic (exact) mass is 252 g/mol. The third-order valence-corrected chi connectivity index (χ3v) is 2.88. The highest BCUT2D eigenvalue weighted by Gasteiger charge is 2.46. The molecule has 3 atom stereocenters. The van der Waals surface area contributed by atoms with Gasteiger partial charge in [0.15, 0.2) is 0 Å². The van der Waals surface area contributed by atoms with Gasteiger partial charge in [-0.05, 0) is 5.92 Å². The highest BCUT2D eigenvalue weighted by Crippen LogP contribution is 2.33. The van der Waals surface area contributed by atoms with Crippen LogP contribution in [0.5, 0.6) is 0 Å². The first-order chi connectivity index (χ1) is 8.52. The second-order valence-electron chi connectivity index (χ2n) is 4.02. The molecule has 0 radical (unpaired) electrons. The molecule has 1 aliphatic rings. The van der Waals surface area contributed by atoms with E-state index < -0.39 is 35.8 Å². The van der Waals surface area contributed by atoms with E-state index in [-0.39, 0.29) is 6.42 Å². The first-order valence-corrected chi connectivity index (χ1v) is 5.29. The Hall–Kier alpha value is -1.88. The smallest absolute Gasteiger partial charge is 0.331 e. The molecule has 1 aromatic heterocycles. The molecule has 7 heteroatoms. The van der Waals surface area contributed by atoms with Crippen LogP contribution in [0.1, 0.15) is 6.42 Å². The lowest BCUT2D eigenvalue weighted by Gasteiger charge is -2.24. The molecule has 0 bridgehead atoms. The van der Waals surface area contributed by atoms with E-state index in [9.17, 15) is 14.7 Å². The van der Waals surface area contributed by atoms with Crippen molar-refractivity contribution in [2.75, 3.05) is 6.61 Å². The summed E-state index contributed by atoms with van der Waals surface area (Å²) in [6.45, 7) is -0.414. The second-order valence-corrected chi connectivity index (χ2v) is 4.02. The number of H-pyrrole nitrogens is 1. The SMILES string of the molecule is C#C[C@]1(n2ccc(=O)[nH]c2=O)C[C@H](O)[C@@H](CO)O1. The van der Waals surface area contributed by atoms with Crippen molar-refractivity contribution in [1.29, 1.82) is 0 Å². The molecule has 1 fully saturated rings. The molecule has 1 saturated heterocycles. The second kappa shape index (κ2) is 4.42. The summed E-state index contributed by atoms with van der Waals surface area (Å²) in [5.74, 6) is 2.30. The Labute approximate surface area is 102 Å². The average Bonchev–Trinajstić information content (AvgIpc) is 2.67. The zero-order valence-corrected chi connectivity index (χ0v) is 9.37. The van der Waals surface area contributed by atoms with E-state index in [0.29, 0.717) is 0 Å². The third-order valence-electron chi connectivity index (χ3n) is 2.88. The molecule has 3 N–H and O–H groups in total. The Kier molecular flexibility index (Phi) is 3.09. The Morgan fingerprint density at radius 2 is 2.39 bits per heavy atom. The molecule has 0 amide bonds. The lowest BCUT2D eigenvalue weighted by atomic mass is 10.1. The van der Waals surface area contributed by atoms with Gasteiger partial charge in [0, 0.05) is 18.7 Å². The fraction of sp³-hybridized carbons (Fsp3) is 0.455. The molecule has 0 aliphatic carbocycles. The van der Waals surface area contributed by atoms with Crippen molar-refractivity contribution in [3.63, 3.8) is 0 Å². The van der Waals surface area contributed by atoms with E-state index in [1.165, 1.54) is 6.20 Å². The summed E-state index contributed by atoms with van der Waals surface area (Å²) >= 11 is 0. The predicted molar refractivity (Wildman–Crippen MR) is 60.7 cm³/mol. The van der Waals surface area contributed by atoms with Crippen molar-refractivity contribution >= 4 is 0 Å². The number of aliphatic hydroxyl groups excluding tert-OH is 2. The Morgan fingerprint density at radius 3 is 2.89 bits per heavy atom. The Bertz CT molecular complexity index is 598. The molecule has 96 valence electrons. The van der Waals surface area contributed by atoms with Gasteiger partial charge in [-0.1, -0.05) is 0 Å². The maximum atomic E-state index is 11.7. The van der Waals surface area contributed by atoms with Gasteiger partial charge in [0.25, 0.3) is 5.56 Å². The number of terminal acetylenes is 1. The Morgan fingerprint density at radius 1 is 1.67 bits per heavy atom. The van der Waals surface area contributed by atoms with Crippen LogP contribution in [0.2, 0.25) is 0 Å². The van der Waals surface area contributed by atoms with E-state index in [1.807, 2.05) is 0 Å².